The second-order valence-electron chi connectivity index (χ2n) is 9.64. The summed E-state index contributed by atoms with van der Waals surface area (Å²) in [6, 6.07) is 3.78. The van der Waals surface area contributed by atoms with Crippen LogP contribution in [0.3, 0.4) is 0 Å². The second kappa shape index (κ2) is 11.0. The van der Waals surface area contributed by atoms with Crippen molar-refractivity contribution in [1.82, 2.24) is 9.80 Å². The van der Waals surface area contributed by atoms with Crippen molar-refractivity contribution in [2.24, 2.45) is 5.41 Å². The number of carbonyl (C=O) groups is 2. The summed E-state index contributed by atoms with van der Waals surface area (Å²) in [5.74, 6) is -0.893. The van der Waals surface area contributed by atoms with Gasteiger partial charge in [0.1, 0.15) is 0 Å². The Balaban J connectivity index is 1.67. The molecule has 1 N–H and O–H groups in total. The number of hydrogen-bond acceptors (Lipinski definition) is 5. The third-order valence-electron chi connectivity index (χ3n) is 7.30. The van der Waals surface area contributed by atoms with Gasteiger partial charge in [-0.25, -0.2) is 4.79 Å². The first-order valence-electron chi connectivity index (χ1n) is 12.1. The minimum absolute atomic E-state index is 0.0790. The van der Waals surface area contributed by atoms with Crippen LogP contribution in [0.2, 0.25) is 0 Å². The van der Waals surface area contributed by atoms with Gasteiger partial charge in [0.05, 0.1) is 11.0 Å². The summed E-state index contributed by atoms with van der Waals surface area (Å²) in [7, 11) is 0. The number of anilines is 1. The number of carboxylic acids is 1. The molecule has 7 nitrogen and oxygen atoms in total. The van der Waals surface area contributed by atoms with Gasteiger partial charge in [0, 0.05) is 51.5 Å². The summed E-state index contributed by atoms with van der Waals surface area (Å²) in [6.45, 7) is 3.99. The monoisotopic (exact) mass is 539 g/mol. The largest absolute Gasteiger partial charge is 0.481 e. The van der Waals surface area contributed by atoms with Crippen molar-refractivity contribution in [3.05, 3.63) is 29.3 Å². The molecule has 2 aliphatic rings. The molecule has 2 heterocycles. The van der Waals surface area contributed by atoms with Gasteiger partial charge in [-0.15, -0.1) is 0 Å². The lowest BCUT2D eigenvalue weighted by Crippen LogP contribution is -2.49. The fraction of sp³-hybridized carbons (Fsp3) is 0.667. The summed E-state index contributed by atoms with van der Waals surface area (Å²) in [4.78, 5) is 28.5. The minimum atomic E-state index is -4.67. The van der Waals surface area contributed by atoms with Gasteiger partial charge in [0.25, 0.3) is 0 Å². The first-order valence-corrected chi connectivity index (χ1v) is 12.1. The molecule has 0 radical (unpaired) electrons. The molecule has 0 aromatic heterocycles. The number of carboxylic acid groups (broad SMARTS) is 1. The van der Waals surface area contributed by atoms with Crippen molar-refractivity contribution in [2.45, 2.75) is 58.1 Å². The molecule has 37 heavy (non-hydrogen) atoms. The molecule has 1 unspecified atom stereocenters. The number of amides is 1. The summed E-state index contributed by atoms with van der Waals surface area (Å²) in [5.41, 5.74) is -0.922. The molecular weight excluding hydrogens is 508 g/mol. The fourth-order valence-corrected chi connectivity index (χ4v) is 4.66. The number of hydrogen-bond donors (Lipinski definition) is 1. The van der Waals surface area contributed by atoms with Crippen LogP contribution in [0, 0.1) is 5.41 Å². The lowest BCUT2D eigenvalue weighted by molar-refractivity contribution is -0.200. The number of alkyl halides is 6. The van der Waals surface area contributed by atoms with E-state index in [0.717, 1.165) is 24.0 Å². The Kier molecular flexibility index (Phi) is 8.55. The third-order valence-corrected chi connectivity index (χ3v) is 7.30. The number of carbonyl (C=O) groups excluding carboxylic acids is 1. The highest BCUT2D eigenvalue weighted by Crippen LogP contribution is 2.39. The number of benzene rings is 1. The standard InChI is InChI=1S/C24H31F6N3O4/c1-3-22(20(34)35)4-6-32(7-5-22)19-13-17(12-18(14-19)24(28,29)30)15-31-8-10-33(11-9-31)21(36)37-16(2)23(25,26)27/h12-14,16H,3-11,15H2,1-2H3,(H,34,35). The lowest BCUT2D eigenvalue weighted by atomic mass is 9.76. The van der Waals surface area contributed by atoms with Gasteiger partial charge in [0.2, 0.25) is 0 Å². The Bertz CT molecular complexity index is 968. The summed E-state index contributed by atoms with van der Waals surface area (Å²) in [6.07, 6.45) is -11.5. The molecule has 208 valence electrons. The van der Waals surface area contributed by atoms with E-state index in [4.69, 9.17) is 0 Å². The first-order chi connectivity index (χ1) is 17.1. The second-order valence-corrected chi connectivity index (χ2v) is 9.64. The number of piperidine rings is 1. The third kappa shape index (κ3) is 6.99. The Morgan fingerprint density at radius 3 is 2.08 bits per heavy atom. The summed E-state index contributed by atoms with van der Waals surface area (Å²) >= 11 is 0. The average Bonchev–Trinajstić information content (AvgIpc) is 2.83. The van der Waals surface area contributed by atoms with Crippen LogP contribution in [0.1, 0.15) is 44.2 Å². The smallest absolute Gasteiger partial charge is 0.425 e. The highest BCUT2D eigenvalue weighted by atomic mass is 19.4. The maximum atomic E-state index is 13.7. The van der Waals surface area contributed by atoms with Crippen LogP contribution in [0.4, 0.5) is 36.8 Å². The summed E-state index contributed by atoms with van der Waals surface area (Å²) in [5, 5.41) is 9.60. The van der Waals surface area contributed by atoms with Crippen LogP contribution in [-0.4, -0.2) is 78.5 Å². The van der Waals surface area contributed by atoms with Crippen molar-refractivity contribution in [2.75, 3.05) is 44.2 Å². The molecule has 1 atom stereocenters. The highest BCUT2D eigenvalue weighted by molar-refractivity contribution is 5.75. The van der Waals surface area contributed by atoms with E-state index in [1.807, 2.05) is 4.90 Å². The fourth-order valence-electron chi connectivity index (χ4n) is 4.66. The Labute approximate surface area is 210 Å². The van der Waals surface area contributed by atoms with Crippen molar-refractivity contribution < 1.29 is 45.8 Å². The van der Waals surface area contributed by atoms with Crippen LogP contribution in [-0.2, 0) is 22.3 Å². The van der Waals surface area contributed by atoms with Gasteiger partial charge in [-0.2, -0.15) is 26.3 Å². The van der Waals surface area contributed by atoms with E-state index in [0.29, 0.717) is 43.6 Å². The van der Waals surface area contributed by atoms with E-state index < -0.39 is 41.5 Å². The molecule has 2 aliphatic heterocycles. The molecule has 2 fully saturated rings. The molecule has 1 amide bonds. The number of nitrogens with zero attached hydrogens (tertiary/aromatic N) is 3. The molecule has 0 saturated carbocycles. The van der Waals surface area contributed by atoms with Crippen molar-refractivity contribution in [3.63, 3.8) is 0 Å². The number of aliphatic carboxylic acids is 1. The van der Waals surface area contributed by atoms with Crippen LogP contribution in [0.15, 0.2) is 18.2 Å². The van der Waals surface area contributed by atoms with E-state index in [-0.39, 0.29) is 32.7 Å². The average molecular weight is 540 g/mol. The van der Waals surface area contributed by atoms with E-state index >= 15 is 0 Å². The zero-order valence-corrected chi connectivity index (χ0v) is 20.7. The zero-order valence-electron chi connectivity index (χ0n) is 20.7. The molecule has 13 heteroatoms. The Morgan fingerprint density at radius 2 is 1.59 bits per heavy atom. The molecular formula is C24H31F6N3O4. The van der Waals surface area contributed by atoms with Gasteiger partial charge < -0.3 is 19.6 Å². The van der Waals surface area contributed by atoms with Crippen LogP contribution in [0.5, 0.6) is 0 Å². The number of ether oxygens (including phenoxy) is 1. The van der Waals surface area contributed by atoms with Gasteiger partial charge in [-0.3, -0.25) is 9.69 Å². The molecule has 2 saturated heterocycles. The van der Waals surface area contributed by atoms with Crippen LogP contribution >= 0.6 is 0 Å². The minimum Gasteiger partial charge on any atom is -0.481 e. The first kappa shape index (κ1) is 28.9. The Hall–Kier alpha value is -2.70. The zero-order chi connectivity index (χ0) is 27.6. The number of piperazine rings is 1. The lowest BCUT2D eigenvalue weighted by Gasteiger charge is -2.40. The molecule has 0 aliphatic carbocycles. The van der Waals surface area contributed by atoms with E-state index in [9.17, 15) is 41.0 Å². The van der Waals surface area contributed by atoms with Gasteiger partial charge in [0.15, 0.2) is 6.10 Å². The van der Waals surface area contributed by atoms with Gasteiger partial charge in [-0.1, -0.05) is 6.92 Å². The molecule has 0 spiro atoms. The molecule has 0 bridgehead atoms. The summed E-state index contributed by atoms with van der Waals surface area (Å²) < 4.78 is 83.4. The molecule has 3 rings (SSSR count). The normalized spacial score (nSPS) is 20.0. The van der Waals surface area contributed by atoms with Crippen molar-refractivity contribution >= 4 is 17.7 Å². The number of rotatable bonds is 6. The van der Waals surface area contributed by atoms with Crippen molar-refractivity contribution in [3.8, 4) is 0 Å². The van der Waals surface area contributed by atoms with Crippen LogP contribution in [0.25, 0.3) is 0 Å². The maximum absolute atomic E-state index is 13.7. The van der Waals surface area contributed by atoms with Gasteiger partial charge >= 0.3 is 24.4 Å². The highest BCUT2D eigenvalue weighted by Gasteiger charge is 2.41. The predicted molar refractivity (Wildman–Crippen MR) is 122 cm³/mol. The van der Waals surface area contributed by atoms with E-state index in [1.165, 1.54) is 0 Å². The quantitative estimate of drug-likeness (QED) is 0.514. The van der Waals surface area contributed by atoms with E-state index in [1.54, 1.807) is 17.9 Å². The number of halogens is 6. The predicted octanol–water partition coefficient (Wildman–Crippen LogP) is 4.99. The maximum Gasteiger partial charge on any atom is 0.425 e. The van der Waals surface area contributed by atoms with Crippen LogP contribution < -0.4 is 4.90 Å². The van der Waals surface area contributed by atoms with Crippen molar-refractivity contribution in [1.29, 1.82) is 0 Å². The topological polar surface area (TPSA) is 73.3 Å². The molecule has 1 aromatic rings. The SMILES string of the molecule is CCC1(C(=O)O)CCN(c2cc(CN3CCN(C(=O)OC(C)C(F)(F)F)CC3)cc(C(F)(F)F)c2)CC1. The molecule has 1 aromatic carbocycles. The Morgan fingerprint density at radius 1 is 1.00 bits per heavy atom. The van der Waals surface area contributed by atoms with E-state index in [2.05, 4.69) is 4.74 Å². The van der Waals surface area contributed by atoms with Gasteiger partial charge in [-0.05, 0) is 49.9 Å².